The number of benzene rings is 1. The predicted octanol–water partition coefficient (Wildman–Crippen LogP) is 1.35. The number of nitrogens with one attached hydrogen (secondary N) is 2. The van der Waals surface area contributed by atoms with Crippen molar-refractivity contribution in [2.75, 3.05) is 64.9 Å². The Labute approximate surface area is 182 Å². The summed E-state index contributed by atoms with van der Waals surface area (Å²) in [6.45, 7) is 4.44. The smallest absolute Gasteiger partial charge is 0.407 e. The number of likely N-dealkylation sites (N-methyl/N-ethyl adjacent to an activating group) is 1. The molecule has 0 bridgehead atoms. The average Bonchev–Trinajstić information content (AvgIpc) is 2.83. The molecule has 0 unspecified atom stereocenters. The first kappa shape index (κ1) is 22.4. The van der Waals surface area contributed by atoms with Crippen LogP contribution in [0.1, 0.15) is 0 Å². The molecule has 2 amide bonds. The molecule has 0 atom stereocenters. The third-order valence-electron chi connectivity index (χ3n) is 5.18. The Kier molecular flexibility index (Phi) is 8.05. The molecule has 2 N–H and O–H groups in total. The van der Waals surface area contributed by atoms with Crippen molar-refractivity contribution < 1.29 is 19.1 Å². The third-order valence-corrected chi connectivity index (χ3v) is 5.18. The van der Waals surface area contributed by atoms with Gasteiger partial charge in [0.15, 0.2) is 6.61 Å². The van der Waals surface area contributed by atoms with E-state index in [1.54, 1.807) is 7.11 Å². The molecular formula is C22H29N5O4. The SMILES string of the molecule is CNC(=O)COC(=O)NCCN1CCN(c2ccc(-c3ccc(OC)cc3)cn2)CC1. The first-order chi connectivity index (χ1) is 15.1. The summed E-state index contributed by atoms with van der Waals surface area (Å²) in [6.07, 6.45) is 1.32. The summed E-state index contributed by atoms with van der Waals surface area (Å²) < 4.78 is 10.0. The molecule has 0 aliphatic carbocycles. The molecule has 1 fully saturated rings. The van der Waals surface area contributed by atoms with Crippen molar-refractivity contribution >= 4 is 17.8 Å². The van der Waals surface area contributed by atoms with Gasteiger partial charge in [0.2, 0.25) is 0 Å². The number of hydrogen-bond donors (Lipinski definition) is 2. The van der Waals surface area contributed by atoms with Crippen molar-refractivity contribution in [3.8, 4) is 16.9 Å². The maximum Gasteiger partial charge on any atom is 0.407 e. The van der Waals surface area contributed by atoms with Crippen LogP contribution in [0.15, 0.2) is 42.6 Å². The van der Waals surface area contributed by atoms with E-state index >= 15 is 0 Å². The van der Waals surface area contributed by atoms with Crippen LogP contribution in [-0.4, -0.2) is 81.9 Å². The highest BCUT2D eigenvalue weighted by molar-refractivity contribution is 5.79. The third kappa shape index (κ3) is 6.58. The quantitative estimate of drug-likeness (QED) is 0.657. The van der Waals surface area contributed by atoms with Gasteiger partial charge in [0.05, 0.1) is 7.11 Å². The zero-order chi connectivity index (χ0) is 22.1. The molecule has 1 aromatic carbocycles. The summed E-state index contributed by atoms with van der Waals surface area (Å²) >= 11 is 0. The average molecular weight is 428 g/mol. The lowest BCUT2D eigenvalue weighted by Gasteiger charge is -2.35. The van der Waals surface area contributed by atoms with Gasteiger partial charge in [0.1, 0.15) is 11.6 Å². The lowest BCUT2D eigenvalue weighted by molar-refractivity contribution is -0.123. The molecule has 9 nitrogen and oxygen atoms in total. The van der Waals surface area contributed by atoms with E-state index in [1.807, 2.05) is 30.5 Å². The van der Waals surface area contributed by atoms with E-state index in [-0.39, 0.29) is 12.5 Å². The summed E-state index contributed by atoms with van der Waals surface area (Å²) in [7, 11) is 3.15. The second-order valence-corrected chi connectivity index (χ2v) is 7.14. The van der Waals surface area contributed by atoms with Crippen molar-refractivity contribution in [1.82, 2.24) is 20.5 Å². The monoisotopic (exact) mass is 427 g/mol. The summed E-state index contributed by atoms with van der Waals surface area (Å²) in [6, 6.07) is 12.1. The standard InChI is InChI=1S/C22H29N5O4/c1-23-21(28)16-31-22(29)24-9-10-26-11-13-27(14-12-26)20-8-5-18(15-25-20)17-3-6-19(30-2)7-4-17/h3-8,15H,9-14,16H2,1-2H3,(H,23,28)(H,24,29). The van der Waals surface area contributed by atoms with Gasteiger partial charge < -0.3 is 25.0 Å². The van der Waals surface area contributed by atoms with E-state index in [0.717, 1.165) is 55.4 Å². The number of pyridine rings is 1. The molecule has 0 spiro atoms. The van der Waals surface area contributed by atoms with E-state index in [1.165, 1.54) is 7.05 Å². The van der Waals surface area contributed by atoms with E-state index in [4.69, 9.17) is 9.47 Å². The zero-order valence-corrected chi connectivity index (χ0v) is 18.0. The molecule has 3 rings (SSSR count). The second kappa shape index (κ2) is 11.2. The van der Waals surface area contributed by atoms with Crippen LogP contribution in [0.25, 0.3) is 11.1 Å². The Morgan fingerprint density at radius 1 is 1.03 bits per heavy atom. The number of anilines is 1. The fourth-order valence-corrected chi connectivity index (χ4v) is 3.30. The fourth-order valence-electron chi connectivity index (χ4n) is 3.30. The highest BCUT2D eigenvalue weighted by Gasteiger charge is 2.18. The van der Waals surface area contributed by atoms with Crippen molar-refractivity contribution in [2.45, 2.75) is 0 Å². The zero-order valence-electron chi connectivity index (χ0n) is 18.0. The lowest BCUT2D eigenvalue weighted by Crippen LogP contribution is -2.48. The Hall–Kier alpha value is -3.33. The highest BCUT2D eigenvalue weighted by atomic mass is 16.6. The summed E-state index contributed by atoms with van der Waals surface area (Å²) in [5.41, 5.74) is 2.17. The number of carbonyl (C=O) groups is 2. The maximum atomic E-state index is 11.5. The first-order valence-corrected chi connectivity index (χ1v) is 10.3. The van der Waals surface area contributed by atoms with E-state index < -0.39 is 6.09 Å². The van der Waals surface area contributed by atoms with Crippen molar-refractivity contribution in [3.05, 3.63) is 42.6 Å². The Bertz CT molecular complexity index is 849. The van der Waals surface area contributed by atoms with Gasteiger partial charge in [-0.05, 0) is 29.8 Å². The number of ether oxygens (including phenoxy) is 2. The number of methoxy groups -OCH3 is 1. The molecule has 0 radical (unpaired) electrons. The number of nitrogens with zero attached hydrogens (tertiary/aromatic N) is 3. The van der Waals surface area contributed by atoms with Crippen LogP contribution < -0.4 is 20.3 Å². The minimum atomic E-state index is -0.580. The molecule has 9 heteroatoms. The minimum absolute atomic E-state index is 0.273. The molecule has 1 aliphatic heterocycles. The number of piperazine rings is 1. The van der Waals surface area contributed by atoms with Gasteiger partial charge in [-0.2, -0.15) is 0 Å². The molecule has 1 aliphatic rings. The van der Waals surface area contributed by atoms with Crippen LogP contribution in [0.2, 0.25) is 0 Å². The molecular weight excluding hydrogens is 398 g/mol. The molecule has 1 aromatic heterocycles. The van der Waals surface area contributed by atoms with Crippen LogP contribution in [0.5, 0.6) is 5.75 Å². The van der Waals surface area contributed by atoms with Crippen LogP contribution in [0.4, 0.5) is 10.6 Å². The van der Waals surface area contributed by atoms with Gasteiger partial charge in [0, 0.05) is 58.1 Å². The number of hydrogen-bond acceptors (Lipinski definition) is 7. The van der Waals surface area contributed by atoms with Crippen molar-refractivity contribution in [2.24, 2.45) is 0 Å². The summed E-state index contributed by atoms with van der Waals surface area (Å²) in [5, 5.41) is 5.06. The molecule has 2 aromatic rings. The molecule has 2 heterocycles. The van der Waals surface area contributed by atoms with Gasteiger partial charge in [-0.15, -0.1) is 0 Å². The number of alkyl carbamates (subject to hydrolysis) is 1. The maximum absolute atomic E-state index is 11.5. The van der Waals surface area contributed by atoms with Gasteiger partial charge >= 0.3 is 6.09 Å². The van der Waals surface area contributed by atoms with E-state index in [9.17, 15) is 9.59 Å². The Morgan fingerprint density at radius 2 is 1.74 bits per heavy atom. The number of rotatable bonds is 8. The largest absolute Gasteiger partial charge is 0.497 e. The number of aromatic nitrogens is 1. The molecule has 31 heavy (non-hydrogen) atoms. The summed E-state index contributed by atoms with van der Waals surface area (Å²) in [5.74, 6) is 1.46. The topological polar surface area (TPSA) is 96.0 Å². The van der Waals surface area contributed by atoms with Crippen LogP contribution in [0, 0.1) is 0 Å². The van der Waals surface area contributed by atoms with E-state index in [0.29, 0.717) is 6.54 Å². The van der Waals surface area contributed by atoms with Gasteiger partial charge in [0.25, 0.3) is 5.91 Å². The molecule has 166 valence electrons. The van der Waals surface area contributed by atoms with Crippen molar-refractivity contribution in [1.29, 1.82) is 0 Å². The minimum Gasteiger partial charge on any atom is -0.497 e. The van der Waals surface area contributed by atoms with Crippen molar-refractivity contribution in [3.63, 3.8) is 0 Å². The predicted molar refractivity (Wildman–Crippen MR) is 118 cm³/mol. The van der Waals surface area contributed by atoms with Gasteiger partial charge in [-0.1, -0.05) is 12.1 Å². The highest BCUT2D eigenvalue weighted by Crippen LogP contribution is 2.23. The van der Waals surface area contributed by atoms with Crippen LogP contribution >= 0.6 is 0 Å². The normalized spacial score (nSPS) is 14.1. The second-order valence-electron chi connectivity index (χ2n) is 7.14. The fraction of sp³-hybridized carbons (Fsp3) is 0.409. The van der Waals surface area contributed by atoms with Crippen LogP contribution in [0.3, 0.4) is 0 Å². The van der Waals surface area contributed by atoms with Gasteiger partial charge in [-0.25, -0.2) is 9.78 Å². The molecule has 1 saturated heterocycles. The van der Waals surface area contributed by atoms with E-state index in [2.05, 4.69) is 37.6 Å². The number of carbonyl (C=O) groups excluding carboxylic acids is 2. The first-order valence-electron chi connectivity index (χ1n) is 10.3. The lowest BCUT2D eigenvalue weighted by atomic mass is 10.1. The Balaban J connectivity index is 1.40. The van der Waals surface area contributed by atoms with Crippen LogP contribution in [-0.2, 0) is 9.53 Å². The summed E-state index contributed by atoms with van der Waals surface area (Å²) in [4.78, 5) is 31.8. The molecule has 0 saturated carbocycles. The van der Waals surface area contributed by atoms with Gasteiger partial charge in [-0.3, -0.25) is 9.69 Å². The Morgan fingerprint density at radius 3 is 2.35 bits per heavy atom. The number of amides is 2.